The van der Waals surface area contributed by atoms with Crippen LogP contribution >= 0.6 is 11.3 Å². The largest absolute Gasteiger partial charge is 0.310 e. The molecule has 0 bridgehead atoms. The van der Waals surface area contributed by atoms with E-state index < -0.39 is 0 Å². The van der Waals surface area contributed by atoms with Crippen molar-refractivity contribution in [3.05, 3.63) is 223 Å². The topological polar surface area (TPSA) is 3.24 Å². The number of para-hydroxylation sites is 1. The second-order valence-corrected chi connectivity index (χ2v) is 17.2. The number of anilines is 3. The lowest BCUT2D eigenvalue weighted by Crippen LogP contribution is -2.15. The molecule has 11 rings (SSSR count). The molecule has 9 aromatic carbocycles. The quantitative estimate of drug-likeness (QED) is 0.156. The van der Waals surface area contributed by atoms with Crippen molar-refractivity contribution >= 4 is 48.6 Å². The number of hydrogen-bond donors (Lipinski definition) is 0. The molecule has 0 amide bonds. The molecule has 2 heteroatoms. The fourth-order valence-corrected chi connectivity index (χ4v) is 10.5. The van der Waals surface area contributed by atoms with Crippen molar-refractivity contribution in [1.29, 1.82) is 0 Å². The highest BCUT2D eigenvalue weighted by Gasteiger charge is 2.38. The van der Waals surface area contributed by atoms with Gasteiger partial charge in [-0.15, -0.1) is 11.3 Å². The third kappa shape index (κ3) is 5.99. The summed E-state index contributed by atoms with van der Waals surface area (Å²) in [5.74, 6) is 0. The maximum Gasteiger partial charge on any atom is 0.0467 e. The van der Waals surface area contributed by atoms with Crippen molar-refractivity contribution in [3.63, 3.8) is 0 Å². The maximum atomic E-state index is 2.44. The first-order chi connectivity index (χ1) is 29.0. The lowest BCUT2D eigenvalue weighted by Gasteiger charge is -2.26. The summed E-state index contributed by atoms with van der Waals surface area (Å²) in [4.78, 5) is 2.37. The standard InChI is InChI=1S/C57H41NS/c1-57(2)52-33-30-42(35-51(52)55-50(39-18-8-4-9-19-39)36-43(37-53(55)57)38-16-6-3-7-17-38)41-20-14-23-46(34-41)58(44-21-10-5-11-22-44)45-31-28-40(29-32-45)47-25-15-26-49-48-24-12-13-27-54(48)59-56(47)49/h3-37H,1-2H3. The number of nitrogens with zero attached hydrogens (tertiary/aromatic N) is 1. The molecule has 0 radical (unpaired) electrons. The Balaban J connectivity index is 1.01. The van der Waals surface area contributed by atoms with Gasteiger partial charge in [0.15, 0.2) is 0 Å². The summed E-state index contributed by atoms with van der Waals surface area (Å²) in [6.45, 7) is 4.76. The van der Waals surface area contributed by atoms with Crippen molar-refractivity contribution in [2.45, 2.75) is 19.3 Å². The van der Waals surface area contributed by atoms with E-state index in [1.54, 1.807) is 0 Å². The van der Waals surface area contributed by atoms with Crippen molar-refractivity contribution in [2.75, 3.05) is 4.90 Å². The van der Waals surface area contributed by atoms with E-state index in [2.05, 4.69) is 231 Å². The molecule has 1 aliphatic carbocycles. The van der Waals surface area contributed by atoms with Gasteiger partial charge in [-0.2, -0.15) is 0 Å². The van der Waals surface area contributed by atoms with Crippen LogP contribution in [0.1, 0.15) is 25.0 Å². The third-order valence-electron chi connectivity index (χ3n) is 12.3. The molecule has 0 unspecified atom stereocenters. The van der Waals surface area contributed by atoms with Crippen molar-refractivity contribution in [1.82, 2.24) is 0 Å². The number of rotatable bonds is 7. The van der Waals surface area contributed by atoms with E-state index in [4.69, 9.17) is 0 Å². The predicted molar refractivity (Wildman–Crippen MR) is 253 cm³/mol. The Morgan fingerprint density at radius 2 is 0.915 bits per heavy atom. The summed E-state index contributed by atoms with van der Waals surface area (Å²) in [5, 5.41) is 2.65. The zero-order chi connectivity index (χ0) is 39.5. The van der Waals surface area contributed by atoms with Crippen LogP contribution < -0.4 is 4.90 Å². The first-order valence-corrected chi connectivity index (χ1v) is 21.2. The van der Waals surface area contributed by atoms with Crippen LogP contribution in [0.5, 0.6) is 0 Å². The second-order valence-electron chi connectivity index (χ2n) is 16.1. The Morgan fingerprint density at radius 3 is 1.69 bits per heavy atom. The Kier molecular flexibility index (Phi) is 8.43. The van der Waals surface area contributed by atoms with E-state index in [9.17, 15) is 0 Å². The molecule has 0 saturated heterocycles. The summed E-state index contributed by atoms with van der Waals surface area (Å²) >= 11 is 1.88. The maximum absolute atomic E-state index is 2.44. The van der Waals surface area contributed by atoms with Gasteiger partial charge in [0.1, 0.15) is 0 Å². The molecule has 59 heavy (non-hydrogen) atoms. The zero-order valence-electron chi connectivity index (χ0n) is 33.1. The van der Waals surface area contributed by atoms with Crippen LogP contribution in [0, 0.1) is 0 Å². The second kappa shape index (κ2) is 14.1. The van der Waals surface area contributed by atoms with Crippen LogP contribution in [0.2, 0.25) is 0 Å². The van der Waals surface area contributed by atoms with E-state index in [1.165, 1.54) is 86.9 Å². The minimum absolute atomic E-state index is 0.155. The first-order valence-electron chi connectivity index (χ1n) is 20.4. The van der Waals surface area contributed by atoms with Crippen molar-refractivity contribution in [2.24, 2.45) is 0 Å². The monoisotopic (exact) mass is 771 g/mol. The SMILES string of the molecule is CC1(C)c2ccc(-c3cccc(N(c4ccccc4)c4ccc(-c5cccc6c5sc5ccccc56)cc4)c3)cc2-c2c(-c3ccccc3)cc(-c3ccccc3)cc21. The van der Waals surface area contributed by atoms with E-state index in [1.807, 2.05) is 11.3 Å². The summed E-state index contributed by atoms with van der Waals surface area (Å²) in [7, 11) is 0. The molecule has 0 aliphatic heterocycles. The molecule has 0 fully saturated rings. The highest BCUT2D eigenvalue weighted by molar-refractivity contribution is 7.26. The van der Waals surface area contributed by atoms with Crippen LogP contribution in [-0.4, -0.2) is 0 Å². The van der Waals surface area contributed by atoms with Crippen molar-refractivity contribution in [3.8, 4) is 55.6 Å². The zero-order valence-corrected chi connectivity index (χ0v) is 33.9. The molecule has 10 aromatic rings. The van der Waals surface area contributed by atoms with Crippen LogP contribution in [-0.2, 0) is 5.41 Å². The number of fused-ring (bicyclic) bond motifs is 6. The van der Waals surface area contributed by atoms with Gasteiger partial charge in [0, 0.05) is 42.6 Å². The van der Waals surface area contributed by atoms with Gasteiger partial charge < -0.3 is 4.90 Å². The first kappa shape index (κ1) is 35.2. The Labute approximate surface area is 350 Å². The molecule has 0 spiro atoms. The summed E-state index contributed by atoms with van der Waals surface area (Å²) in [6, 6.07) is 77.9. The molecular weight excluding hydrogens is 731 g/mol. The van der Waals surface area contributed by atoms with Gasteiger partial charge in [0.25, 0.3) is 0 Å². The summed E-state index contributed by atoms with van der Waals surface area (Å²) in [5.41, 5.74) is 18.5. The number of benzene rings is 9. The van der Waals surface area contributed by atoms with Gasteiger partial charge in [-0.1, -0.05) is 166 Å². The number of thiophene rings is 1. The third-order valence-corrected chi connectivity index (χ3v) is 13.5. The van der Waals surface area contributed by atoms with Gasteiger partial charge in [-0.25, -0.2) is 0 Å². The van der Waals surface area contributed by atoms with Crippen LogP contribution in [0.25, 0.3) is 75.8 Å². The summed E-state index contributed by atoms with van der Waals surface area (Å²) < 4.78 is 2.66. The smallest absolute Gasteiger partial charge is 0.0467 e. The molecule has 0 atom stereocenters. The average molecular weight is 772 g/mol. The van der Waals surface area contributed by atoms with Crippen molar-refractivity contribution < 1.29 is 0 Å². The Hall–Kier alpha value is -7.00. The highest BCUT2D eigenvalue weighted by Crippen LogP contribution is 2.54. The fourth-order valence-electron chi connectivity index (χ4n) is 9.30. The van der Waals surface area contributed by atoms with Gasteiger partial charge in [-0.05, 0) is 127 Å². The minimum Gasteiger partial charge on any atom is -0.310 e. The molecule has 1 aromatic heterocycles. The normalized spacial score (nSPS) is 12.7. The van der Waals surface area contributed by atoms with E-state index >= 15 is 0 Å². The van der Waals surface area contributed by atoms with Crippen LogP contribution in [0.4, 0.5) is 17.1 Å². The van der Waals surface area contributed by atoms with E-state index in [0.29, 0.717) is 0 Å². The van der Waals surface area contributed by atoms with Crippen LogP contribution in [0.3, 0.4) is 0 Å². The number of hydrogen-bond acceptors (Lipinski definition) is 2. The molecule has 1 aliphatic rings. The molecule has 0 N–H and O–H groups in total. The van der Waals surface area contributed by atoms with Gasteiger partial charge in [0.2, 0.25) is 0 Å². The molecular formula is C57H41NS. The van der Waals surface area contributed by atoms with E-state index in [-0.39, 0.29) is 5.41 Å². The molecule has 280 valence electrons. The van der Waals surface area contributed by atoms with Gasteiger partial charge in [-0.3, -0.25) is 0 Å². The molecule has 0 saturated carbocycles. The Morgan fingerprint density at radius 1 is 0.356 bits per heavy atom. The minimum atomic E-state index is -0.155. The predicted octanol–water partition coefficient (Wildman–Crippen LogP) is 16.5. The Bertz CT molecular complexity index is 3160. The van der Waals surface area contributed by atoms with E-state index in [0.717, 1.165) is 17.1 Å². The van der Waals surface area contributed by atoms with Gasteiger partial charge in [0.05, 0.1) is 0 Å². The fraction of sp³-hybridized carbons (Fsp3) is 0.0526. The average Bonchev–Trinajstić information content (AvgIpc) is 3.79. The molecule has 1 heterocycles. The van der Waals surface area contributed by atoms with Gasteiger partial charge >= 0.3 is 0 Å². The lowest BCUT2D eigenvalue weighted by atomic mass is 9.80. The highest BCUT2D eigenvalue weighted by atomic mass is 32.1. The lowest BCUT2D eigenvalue weighted by molar-refractivity contribution is 0.661. The summed E-state index contributed by atoms with van der Waals surface area (Å²) in [6.07, 6.45) is 0. The van der Waals surface area contributed by atoms with Crippen LogP contribution in [0.15, 0.2) is 212 Å². The molecule has 1 nitrogen and oxygen atoms in total.